The van der Waals surface area contributed by atoms with Gasteiger partial charge in [0.25, 0.3) is 5.91 Å². The van der Waals surface area contributed by atoms with Crippen LogP contribution in [0.5, 0.6) is 11.5 Å². The number of hydrogen-bond donors (Lipinski definition) is 0. The number of halogens is 2. The van der Waals surface area contributed by atoms with Crippen LogP contribution in [0.2, 0.25) is 0 Å². The van der Waals surface area contributed by atoms with E-state index in [1.807, 2.05) is 26.0 Å². The highest BCUT2D eigenvalue weighted by atomic mass is 19.1. The number of ether oxygens (including phenoxy) is 2. The van der Waals surface area contributed by atoms with Crippen LogP contribution in [0.15, 0.2) is 36.5 Å². The van der Waals surface area contributed by atoms with Gasteiger partial charge in [0.15, 0.2) is 23.9 Å². The molecule has 5 rings (SSSR count). The number of aromatic nitrogens is 2. The molecule has 8 nitrogen and oxygen atoms in total. The summed E-state index contributed by atoms with van der Waals surface area (Å²) in [5, 5.41) is 0. The van der Waals surface area contributed by atoms with Gasteiger partial charge in [-0.25, -0.2) is 18.7 Å². The topological polar surface area (TPSA) is 71.0 Å². The maximum Gasteiger partial charge on any atom is 0.265 e. The zero-order valence-corrected chi connectivity index (χ0v) is 23.6. The lowest BCUT2D eigenvalue weighted by Crippen LogP contribution is -2.43. The van der Waals surface area contributed by atoms with E-state index in [0.717, 1.165) is 31.5 Å². The number of amides is 1. The number of carbonyl (C=O) groups is 1. The first-order valence-corrected chi connectivity index (χ1v) is 13.5. The normalized spacial score (nSPS) is 16.0. The molecule has 10 heteroatoms. The number of fused-ring (bicyclic) bond motifs is 1. The van der Waals surface area contributed by atoms with Gasteiger partial charge in [-0.15, -0.1) is 0 Å². The summed E-state index contributed by atoms with van der Waals surface area (Å²) in [6.07, 6.45) is 3.80. The van der Waals surface area contributed by atoms with Gasteiger partial charge in [-0.2, -0.15) is 0 Å². The van der Waals surface area contributed by atoms with Crippen molar-refractivity contribution in [2.75, 3.05) is 50.7 Å². The number of piperidine rings is 1. The van der Waals surface area contributed by atoms with Crippen LogP contribution in [-0.2, 0) is 11.2 Å². The first kappa shape index (κ1) is 27.8. The van der Waals surface area contributed by atoms with Crippen LogP contribution in [-0.4, -0.2) is 73.8 Å². The summed E-state index contributed by atoms with van der Waals surface area (Å²) in [5.74, 6) is -0.301. The van der Waals surface area contributed by atoms with Gasteiger partial charge in [-0.1, -0.05) is 6.07 Å². The van der Waals surface area contributed by atoms with Gasteiger partial charge in [0, 0.05) is 37.2 Å². The molecule has 0 aliphatic carbocycles. The molecular formula is C30H35F2N5O3. The molecule has 212 valence electrons. The molecule has 2 aliphatic heterocycles. The Bertz CT molecular complexity index is 1410. The predicted molar refractivity (Wildman–Crippen MR) is 150 cm³/mol. The third kappa shape index (κ3) is 5.45. The molecule has 3 heterocycles. The summed E-state index contributed by atoms with van der Waals surface area (Å²) in [6, 6.07) is 8.57. The van der Waals surface area contributed by atoms with Gasteiger partial charge in [0.05, 0.1) is 24.7 Å². The average molecular weight is 552 g/mol. The predicted octanol–water partition coefficient (Wildman–Crippen LogP) is 4.69. The van der Waals surface area contributed by atoms with E-state index < -0.39 is 5.82 Å². The maximum absolute atomic E-state index is 15.2. The smallest absolute Gasteiger partial charge is 0.265 e. The molecule has 3 aromatic rings. The number of anilines is 2. The summed E-state index contributed by atoms with van der Waals surface area (Å²) in [4.78, 5) is 27.4. The molecule has 2 aliphatic rings. The fraction of sp³-hybridized carbons (Fsp3) is 0.433. The van der Waals surface area contributed by atoms with Crippen LogP contribution in [0.1, 0.15) is 38.1 Å². The largest absolute Gasteiger partial charge is 0.493 e. The van der Waals surface area contributed by atoms with Crippen molar-refractivity contribution in [2.24, 2.45) is 0 Å². The molecule has 0 N–H and O–H groups in total. The average Bonchev–Trinajstić information content (AvgIpc) is 2.92. The van der Waals surface area contributed by atoms with E-state index in [0.29, 0.717) is 40.2 Å². The zero-order chi connectivity index (χ0) is 28.6. The number of rotatable bonds is 7. The second-order valence-corrected chi connectivity index (χ2v) is 10.8. The highest BCUT2D eigenvalue weighted by Crippen LogP contribution is 2.41. The summed E-state index contributed by atoms with van der Waals surface area (Å²) >= 11 is 0. The Kier molecular flexibility index (Phi) is 7.89. The molecule has 0 saturated carbocycles. The Balaban J connectivity index is 1.41. The van der Waals surface area contributed by atoms with Crippen molar-refractivity contribution < 1.29 is 23.0 Å². The van der Waals surface area contributed by atoms with E-state index >= 15 is 8.78 Å². The second-order valence-electron chi connectivity index (χ2n) is 10.8. The molecule has 0 bridgehead atoms. The van der Waals surface area contributed by atoms with E-state index in [1.54, 1.807) is 6.07 Å². The van der Waals surface area contributed by atoms with Crippen LogP contribution in [0.3, 0.4) is 0 Å². The van der Waals surface area contributed by atoms with Gasteiger partial charge in [0.1, 0.15) is 17.3 Å². The molecule has 0 spiro atoms. The first-order chi connectivity index (χ1) is 19.2. The Morgan fingerprint density at radius 2 is 1.85 bits per heavy atom. The number of carbonyl (C=O) groups excluding carboxylic acids is 1. The Hall–Kier alpha value is -3.79. The standard InChI is InChI=1S/C30H35F2N5O3/c1-18(2)37-25-15-20(14-23(32)30(25)40-17-28(37)38)29-26(39-5)16-33-27(34-29)13-19-6-7-24(22(31)12-19)36-10-8-21(9-11-36)35(3)4/h6-7,12,14-16,18,21H,8-11,13,17H2,1-5H3. The molecular weight excluding hydrogens is 516 g/mol. The van der Waals surface area contributed by atoms with Gasteiger partial charge >= 0.3 is 0 Å². The van der Waals surface area contributed by atoms with Crippen molar-refractivity contribution in [3.05, 3.63) is 59.6 Å². The highest BCUT2D eigenvalue weighted by molar-refractivity contribution is 5.99. The van der Waals surface area contributed by atoms with Gasteiger partial charge in [-0.3, -0.25) is 4.79 Å². The zero-order valence-electron chi connectivity index (χ0n) is 23.6. The van der Waals surface area contributed by atoms with E-state index in [-0.39, 0.29) is 36.5 Å². The minimum atomic E-state index is -0.597. The van der Waals surface area contributed by atoms with Crippen molar-refractivity contribution in [2.45, 2.75) is 45.2 Å². The second kappa shape index (κ2) is 11.4. The fourth-order valence-electron chi connectivity index (χ4n) is 5.51. The number of nitrogens with zero attached hydrogens (tertiary/aromatic N) is 5. The highest BCUT2D eigenvalue weighted by Gasteiger charge is 2.31. The lowest BCUT2D eigenvalue weighted by Gasteiger charge is -2.36. The van der Waals surface area contributed by atoms with Gasteiger partial charge < -0.3 is 24.2 Å². The van der Waals surface area contributed by atoms with E-state index in [4.69, 9.17) is 9.47 Å². The molecule has 1 amide bonds. The molecule has 2 aromatic carbocycles. The van der Waals surface area contributed by atoms with Crippen molar-refractivity contribution in [1.29, 1.82) is 0 Å². The van der Waals surface area contributed by atoms with Gasteiger partial charge in [-0.05, 0) is 70.6 Å². The molecule has 1 fully saturated rings. The number of hydrogen-bond acceptors (Lipinski definition) is 7. The fourth-order valence-corrected chi connectivity index (χ4v) is 5.51. The van der Waals surface area contributed by atoms with Crippen LogP contribution >= 0.6 is 0 Å². The van der Waals surface area contributed by atoms with Crippen molar-refractivity contribution in [3.8, 4) is 22.8 Å². The molecule has 0 radical (unpaired) electrons. The van der Waals surface area contributed by atoms with Crippen LogP contribution < -0.4 is 19.3 Å². The maximum atomic E-state index is 15.2. The van der Waals surface area contributed by atoms with Gasteiger partial charge in [0.2, 0.25) is 0 Å². The number of benzene rings is 2. The van der Waals surface area contributed by atoms with E-state index in [1.165, 1.54) is 30.3 Å². The third-order valence-corrected chi connectivity index (χ3v) is 7.62. The Morgan fingerprint density at radius 3 is 2.50 bits per heavy atom. The van der Waals surface area contributed by atoms with E-state index in [9.17, 15) is 4.79 Å². The summed E-state index contributed by atoms with van der Waals surface area (Å²) in [7, 11) is 5.65. The van der Waals surface area contributed by atoms with Crippen molar-refractivity contribution in [3.63, 3.8) is 0 Å². The summed E-state index contributed by atoms with van der Waals surface area (Å²) in [6.45, 7) is 5.12. The molecule has 1 aromatic heterocycles. The van der Waals surface area contributed by atoms with Crippen molar-refractivity contribution in [1.82, 2.24) is 14.9 Å². The van der Waals surface area contributed by atoms with Crippen molar-refractivity contribution >= 4 is 17.3 Å². The quantitative estimate of drug-likeness (QED) is 0.422. The van der Waals surface area contributed by atoms with Crippen LogP contribution in [0.25, 0.3) is 11.3 Å². The number of methoxy groups -OCH3 is 1. The van der Waals surface area contributed by atoms with Crippen LogP contribution in [0.4, 0.5) is 20.2 Å². The molecule has 0 unspecified atom stereocenters. The minimum absolute atomic E-state index is 0.0341. The first-order valence-electron chi connectivity index (χ1n) is 13.5. The summed E-state index contributed by atoms with van der Waals surface area (Å²) in [5.41, 5.74) is 2.46. The minimum Gasteiger partial charge on any atom is -0.493 e. The third-order valence-electron chi connectivity index (χ3n) is 7.62. The Morgan fingerprint density at radius 1 is 1.10 bits per heavy atom. The molecule has 40 heavy (non-hydrogen) atoms. The lowest BCUT2D eigenvalue weighted by molar-refractivity contribution is -0.121. The van der Waals surface area contributed by atoms with E-state index in [2.05, 4.69) is 33.9 Å². The van der Waals surface area contributed by atoms with Crippen LogP contribution in [0, 0.1) is 11.6 Å². The Labute approximate surface area is 233 Å². The lowest BCUT2D eigenvalue weighted by atomic mass is 10.0. The summed E-state index contributed by atoms with van der Waals surface area (Å²) < 4.78 is 41.2. The SMILES string of the molecule is COc1cnc(Cc2ccc(N3CCC(N(C)C)CC3)c(F)c2)nc1-c1cc(F)c2c(c1)N(C(C)C)C(=O)CO2. The monoisotopic (exact) mass is 551 g/mol. The molecule has 1 saturated heterocycles. The molecule has 0 atom stereocenters.